The van der Waals surface area contributed by atoms with Crippen molar-refractivity contribution in [2.24, 2.45) is 11.8 Å². The lowest BCUT2D eigenvalue weighted by molar-refractivity contribution is 0.236. The molecule has 0 aromatic heterocycles. The van der Waals surface area contributed by atoms with Crippen LogP contribution in [0.3, 0.4) is 0 Å². The second-order valence-electron chi connectivity index (χ2n) is 5.21. The molecule has 0 N–H and O–H groups in total. The summed E-state index contributed by atoms with van der Waals surface area (Å²) in [5.41, 5.74) is -0.596. The summed E-state index contributed by atoms with van der Waals surface area (Å²) in [4.78, 5) is 1.84. The monoisotopic (exact) mass is 236 g/mol. The van der Waals surface area contributed by atoms with Crippen molar-refractivity contribution < 1.29 is 12.9 Å². The van der Waals surface area contributed by atoms with Gasteiger partial charge in [-0.1, -0.05) is 27.7 Å². The van der Waals surface area contributed by atoms with E-state index in [9.17, 15) is 12.9 Å². The standard InChI is InChI=1S/C11H22BF3N/c1-9(2)6-16(7-10(3)4)8-11(5)12(13,14)15/h9-10H,5-8H2,1-4H3/q-1. The third-order valence-corrected chi connectivity index (χ3v) is 2.14. The highest BCUT2D eigenvalue weighted by atomic mass is 19.4. The van der Waals surface area contributed by atoms with Crippen molar-refractivity contribution in [1.29, 1.82) is 0 Å². The van der Waals surface area contributed by atoms with Crippen molar-refractivity contribution >= 4 is 6.98 Å². The predicted octanol–water partition coefficient (Wildman–Crippen LogP) is 3.54. The first-order chi connectivity index (χ1) is 7.12. The summed E-state index contributed by atoms with van der Waals surface area (Å²) in [6, 6.07) is 0. The maximum absolute atomic E-state index is 12.4. The zero-order valence-corrected chi connectivity index (χ0v) is 10.6. The first-order valence-corrected chi connectivity index (χ1v) is 5.73. The Morgan fingerprint density at radius 3 is 1.69 bits per heavy atom. The Kier molecular flexibility index (Phi) is 6.15. The van der Waals surface area contributed by atoms with Crippen molar-refractivity contribution in [1.82, 2.24) is 4.90 Å². The Balaban J connectivity index is 4.36. The maximum Gasteiger partial charge on any atom is 0.506 e. The SMILES string of the molecule is C=C(CN(CC(C)C)CC(C)C)[B-](F)(F)F. The summed E-state index contributed by atoms with van der Waals surface area (Å²) < 4.78 is 37.3. The second-order valence-corrected chi connectivity index (χ2v) is 5.21. The summed E-state index contributed by atoms with van der Waals surface area (Å²) >= 11 is 0. The van der Waals surface area contributed by atoms with Gasteiger partial charge in [0.1, 0.15) is 0 Å². The Labute approximate surface area is 96.8 Å². The molecule has 0 unspecified atom stereocenters. The molecule has 1 nitrogen and oxygen atoms in total. The van der Waals surface area contributed by atoms with E-state index in [0.29, 0.717) is 24.9 Å². The molecule has 0 radical (unpaired) electrons. The largest absolute Gasteiger partial charge is 0.506 e. The summed E-state index contributed by atoms with van der Waals surface area (Å²) in [5.74, 6) is 0.736. The van der Waals surface area contributed by atoms with Gasteiger partial charge in [0.15, 0.2) is 0 Å². The third kappa shape index (κ3) is 6.93. The van der Waals surface area contributed by atoms with E-state index in [0.717, 1.165) is 0 Å². The molecule has 0 rings (SSSR count). The fraction of sp³-hybridized carbons (Fsp3) is 0.818. The molecule has 0 aliphatic heterocycles. The minimum atomic E-state index is -4.90. The first kappa shape index (κ1) is 15.6. The van der Waals surface area contributed by atoms with Crippen LogP contribution in [-0.2, 0) is 0 Å². The Bertz CT molecular complexity index is 214. The van der Waals surface area contributed by atoms with E-state index in [2.05, 4.69) is 6.58 Å². The lowest BCUT2D eigenvalue weighted by Gasteiger charge is -2.30. The summed E-state index contributed by atoms with van der Waals surface area (Å²) in [5, 5.41) is 0. The van der Waals surface area contributed by atoms with Gasteiger partial charge in [0.05, 0.1) is 0 Å². The van der Waals surface area contributed by atoms with E-state index in [1.165, 1.54) is 0 Å². The zero-order chi connectivity index (χ0) is 12.9. The molecule has 5 heteroatoms. The molecule has 0 aromatic carbocycles. The molecule has 0 saturated carbocycles. The predicted molar refractivity (Wildman–Crippen MR) is 64.3 cm³/mol. The zero-order valence-electron chi connectivity index (χ0n) is 10.6. The highest BCUT2D eigenvalue weighted by molar-refractivity contribution is 6.66. The van der Waals surface area contributed by atoms with Crippen LogP contribution in [0.15, 0.2) is 12.1 Å². The average Bonchev–Trinajstić information content (AvgIpc) is 1.98. The molecule has 16 heavy (non-hydrogen) atoms. The van der Waals surface area contributed by atoms with Crippen LogP contribution in [0, 0.1) is 11.8 Å². The Hall–Kier alpha value is -0.445. The van der Waals surface area contributed by atoms with Gasteiger partial charge in [0.25, 0.3) is 0 Å². The minimum absolute atomic E-state index is 0.0557. The lowest BCUT2D eigenvalue weighted by atomic mass is 9.80. The summed E-state index contributed by atoms with van der Waals surface area (Å²) in [6.45, 7) is 7.59. The highest BCUT2D eigenvalue weighted by Gasteiger charge is 2.28. The molecule has 0 amide bonds. The van der Waals surface area contributed by atoms with E-state index < -0.39 is 12.4 Å². The van der Waals surface area contributed by atoms with E-state index >= 15 is 0 Å². The van der Waals surface area contributed by atoms with Gasteiger partial charge < -0.3 is 17.8 Å². The molecule has 0 aromatic rings. The fourth-order valence-electron chi connectivity index (χ4n) is 1.63. The maximum atomic E-state index is 12.4. The molecule has 0 fully saturated rings. The quantitative estimate of drug-likeness (QED) is 0.611. The third-order valence-electron chi connectivity index (χ3n) is 2.14. The van der Waals surface area contributed by atoms with Gasteiger partial charge in [0.2, 0.25) is 0 Å². The van der Waals surface area contributed by atoms with Crippen molar-refractivity contribution in [2.45, 2.75) is 27.7 Å². The van der Waals surface area contributed by atoms with Crippen LogP contribution >= 0.6 is 0 Å². The lowest BCUT2D eigenvalue weighted by Crippen LogP contribution is -2.37. The molecule has 0 saturated heterocycles. The van der Waals surface area contributed by atoms with Crippen LogP contribution in [-0.4, -0.2) is 31.5 Å². The number of hydrogen-bond donors (Lipinski definition) is 0. The van der Waals surface area contributed by atoms with E-state index in [4.69, 9.17) is 0 Å². The summed E-state index contributed by atoms with van der Waals surface area (Å²) in [6.07, 6.45) is 0. The molecule has 0 aliphatic carbocycles. The fourth-order valence-corrected chi connectivity index (χ4v) is 1.63. The summed E-state index contributed by atoms with van der Waals surface area (Å²) in [7, 11) is 0. The van der Waals surface area contributed by atoms with Gasteiger partial charge in [-0.2, -0.15) is 0 Å². The number of nitrogens with zero attached hydrogens (tertiary/aromatic N) is 1. The van der Waals surface area contributed by atoms with E-state index in [1.54, 1.807) is 0 Å². The van der Waals surface area contributed by atoms with Crippen molar-refractivity contribution in [3.63, 3.8) is 0 Å². The number of rotatable bonds is 7. The van der Waals surface area contributed by atoms with E-state index in [1.807, 2.05) is 32.6 Å². The Morgan fingerprint density at radius 2 is 1.44 bits per heavy atom. The smallest absolute Gasteiger partial charge is 0.445 e. The molecule has 96 valence electrons. The normalized spacial score (nSPS) is 12.9. The van der Waals surface area contributed by atoms with Crippen LogP contribution in [0.4, 0.5) is 12.9 Å². The highest BCUT2D eigenvalue weighted by Crippen LogP contribution is 2.19. The number of hydrogen-bond acceptors (Lipinski definition) is 1. The molecule has 0 aliphatic rings. The van der Waals surface area contributed by atoms with E-state index in [-0.39, 0.29) is 6.54 Å². The van der Waals surface area contributed by atoms with Crippen LogP contribution in [0.25, 0.3) is 0 Å². The molecular formula is C11H22BF3N-. The molecule has 0 bridgehead atoms. The van der Waals surface area contributed by atoms with Gasteiger partial charge >= 0.3 is 6.98 Å². The van der Waals surface area contributed by atoms with Crippen LogP contribution in [0.1, 0.15) is 27.7 Å². The average molecular weight is 236 g/mol. The van der Waals surface area contributed by atoms with Crippen LogP contribution in [0.5, 0.6) is 0 Å². The minimum Gasteiger partial charge on any atom is -0.445 e. The van der Waals surface area contributed by atoms with Crippen LogP contribution in [0.2, 0.25) is 0 Å². The Morgan fingerprint density at radius 1 is 1.06 bits per heavy atom. The molecule has 0 heterocycles. The molecular weight excluding hydrogens is 214 g/mol. The molecule has 0 spiro atoms. The van der Waals surface area contributed by atoms with Crippen molar-refractivity contribution in [3.8, 4) is 0 Å². The van der Waals surface area contributed by atoms with Crippen molar-refractivity contribution in [2.75, 3.05) is 19.6 Å². The van der Waals surface area contributed by atoms with Gasteiger partial charge in [-0.15, -0.1) is 12.1 Å². The second kappa shape index (κ2) is 6.33. The van der Waals surface area contributed by atoms with Crippen LogP contribution < -0.4 is 0 Å². The van der Waals surface area contributed by atoms with Crippen molar-refractivity contribution in [3.05, 3.63) is 12.1 Å². The molecule has 0 atom stereocenters. The van der Waals surface area contributed by atoms with Gasteiger partial charge in [-0.25, -0.2) is 0 Å². The van der Waals surface area contributed by atoms with Gasteiger partial charge in [-0.05, 0) is 18.4 Å². The number of halogens is 3. The topological polar surface area (TPSA) is 3.24 Å². The van der Waals surface area contributed by atoms with Gasteiger partial charge in [0, 0.05) is 13.1 Å². The van der Waals surface area contributed by atoms with Gasteiger partial charge in [-0.3, -0.25) is 0 Å². The first-order valence-electron chi connectivity index (χ1n) is 5.73.